The fourth-order valence-electron chi connectivity index (χ4n) is 3.62. The van der Waals surface area contributed by atoms with Crippen LogP contribution in [0.4, 0.5) is 0 Å². The first-order valence-electron chi connectivity index (χ1n) is 9.71. The van der Waals surface area contributed by atoms with E-state index < -0.39 is 0 Å². The SMILES string of the molecule is CC=CCCOCc1ccc(CCC2CCC(C=CC)CC2)cc1. The summed E-state index contributed by atoms with van der Waals surface area (Å²) in [7, 11) is 0. The molecule has 0 N–H and O–H groups in total. The van der Waals surface area contributed by atoms with Crippen LogP contribution < -0.4 is 0 Å². The minimum atomic E-state index is 0.729. The fraction of sp³-hybridized carbons (Fsp3) is 0.565. The molecule has 0 saturated heterocycles. The van der Waals surface area contributed by atoms with Gasteiger partial charge in [0.05, 0.1) is 13.2 Å². The van der Waals surface area contributed by atoms with Crippen molar-refractivity contribution in [3.8, 4) is 0 Å². The summed E-state index contributed by atoms with van der Waals surface area (Å²) in [5.74, 6) is 1.78. The van der Waals surface area contributed by atoms with Crippen LogP contribution in [0.1, 0.15) is 63.5 Å². The van der Waals surface area contributed by atoms with E-state index in [-0.39, 0.29) is 0 Å². The van der Waals surface area contributed by atoms with Crippen LogP contribution in [0.15, 0.2) is 48.6 Å². The van der Waals surface area contributed by atoms with Crippen LogP contribution >= 0.6 is 0 Å². The Morgan fingerprint density at radius 3 is 2.33 bits per heavy atom. The highest BCUT2D eigenvalue weighted by Gasteiger charge is 2.18. The van der Waals surface area contributed by atoms with E-state index in [1.807, 2.05) is 6.92 Å². The minimum Gasteiger partial charge on any atom is -0.376 e. The lowest BCUT2D eigenvalue weighted by Crippen LogP contribution is -2.13. The summed E-state index contributed by atoms with van der Waals surface area (Å²) in [4.78, 5) is 0. The molecular formula is C23H34O. The largest absolute Gasteiger partial charge is 0.376 e. The minimum absolute atomic E-state index is 0.729. The van der Waals surface area contributed by atoms with E-state index in [2.05, 4.69) is 55.5 Å². The lowest BCUT2D eigenvalue weighted by Gasteiger charge is -2.26. The van der Waals surface area contributed by atoms with Crippen molar-refractivity contribution >= 4 is 0 Å². The number of benzene rings is 1. The third-order valence-electron chi connectivity index (χ3n) is 5.15. The van der Waals surface area contributed by atoms with E-state index in [1.165, 1.54) is 49.7 Å². The second-order valence-electron chi connectivity index (χ2n) is 7.07. The highest BCUT2D eigenvalue weighted by atomic mass is 16.5. The van der Waals surface area contributed by atoms with Gasteiger partial charge >= 0.3 is 0 Å². The van der Waals surface area contributed by atoms with Gasteiger partial charge in [-0.25, -0.2) is 0 Å². The summed E-state index contributed by atoms with van der Waals surface area (Å²) in [6, 6.07) is 9.04. The summed E-state index contributed by atoms with van der Waals surface area (Å²) in [5.41, 5.74) is 2.76. The van der Waals surface area contributed by atoms with Crippen molar-refractivity contribution < 1.29 is 4.74 Å². The third kappa shape index (κ3) is 7.05. The Morgan fingerprint density at radius 2 is 1.67 bits per heavy atom. The van der Waals surface area contributed by atoms with Crippen LogP contribution in [-0.2, 0) is 17.8 Å². The molecule has 0 aliphatic heterocycles. The highest BCUT2D eigenvalue weighted by Crippen LogP contribution is 2.32. The van der Waals surface area contributed by atoms with Crippen molar-refractivity contribution in [2.45, 2.75) is 65.4 Å². The summed E-state index contributed by atoms with van der Waals surface area (Å²) >= 11 is 0. The lowest BCUT2D eigenvalue weighted by atomic mass is 9.79. The van der Waals surface area contributed by atoms with Gasteiger partial charge in [0.25, 0.3) is 0 Å². The van der Waals surface area contributed by atoms with Crippen molar-refractivity contribution in [3.05, 3.63) is 59.7 Å². The van der Waals surface area contributed by atoms with Gasteiger partial charge in [0.1, 0.15) is 0 Å². The summed E-state index contributed by atoms with van der Waals surface area (Å²) in [5, 5.41) is 0. The van der Waals surface area contributed by atoms with E-state index in [0.717, 1.165) is 31.5 Å². The monoisotopic (exact) mass is 326 g/mol. The first-order valence-corrected chi connectivity index (χ1v) is 9.71. The Hall–Kier alpha value is -1.34. The maximum absolute atomic E-state index is 5.69. The van der Waals surface area contributed by atoms with E-state index >= 15 is 0 Å². The van der Waals surface area contributed by atoms with Crippen LogP contribution in [-0.4, -0.2) is 6.61 Å². The molecule has 0 bridgehead atoms. The van der Waals surface area contributed by atoms with Crippen LogP contribution in [0.2, 0.25) is 0 Å². The normalized spacial score (nSPS) is 21.8. The molecule has 1 aromatic rings. The predicted octanol–water partition coefficient (Wildman–Crippen LogP) is 6.48. The molecule has 0 amide bonds. The van der Waals surface area contributed by atoms with Crippen molar-refractivity contribution in [2.75, 3.05) is 6.61 Å². The standard InChI is InChI=1S/C23H34O/c1-3-5-6-18-24-19-23-16-14-22(15-17-23)13-12-21-10-8-20(7-4-2)9-11-21/h3-5,7,14-17,20-21H,6,8-13,18-19H2,1-2H3. The second-order valence-corrected chi connectivity index (χ2v) is 7.07. The number of ether oxygens (including phenoxy) is 1. The van der Waals surface area contributed by atoms with Crippen LogP contribution in [0, 0.1) is 11.8 Å². The second kappa shape index (κ2) is 11.3. The molecule has 0 heterocycles. The van der Waals surface area contributed by atoms with Crippen LogP contribution in [0.25, 0.3) is 0 Å². The quantitative estimate of drug-likeness (QED) is 0.372. The molecule has 1 nitrogen and oxygen atoms in total. The summed E-state index contributed by atoms with van der Waals surface area (Å²) < 4.78 is 5.69. The Labute approximate surface area is 148 Å². The van der Waals surface area contributed by atoms with Crippen molar-refractivity contribution in [1.29, 1.82) is 0 Å². The Kier molecular flexibility index (Phi) is 8.91. The summed E-state index contributed by atoms with van der Waals surface area (Å²) in [6.07, 6.45) is 18.0. The van der Waals surface area contributed by atoms with Gasteiger partial charge in [-0.3, -0.25) is 0 Å². The zero-order valence-electron chi connectivity index (χ0n) is 15.5. The third-order valence-corrected chi connectivity index (χ3v) is 5.15. The van der Waals surface area contributed by atoms with Crippen molar-refractivity contribution in [2.24, 2.45) is 11.8 Å². The molecule has 1 fully saturated rings. The molecule has 1 aromatic carbocycles. The molecular weight excluding hydrogens is 292 g/mol. The Morgan fingerprint density at radius 1 is 0.958 bits per heavy atom. The molecule has 2 rings (SSSR count). The van der Waals surface area contributed by atoms with Gasteiger partial charge in [-0.2, -0.15) is 0 Å². The fourth-order valence-corrected chi connectivity index (χ4v) is 3.62. The van der Waals surface area contributed by atoms with Gasteiger partial charge in [-0.05, 0) is 81.8 Å². The molecule has 0 radical (unpaired) electrons. The zero-order chi connectivity index (χ0) is 17.0. The van der Waals surface area contributed by atoms with Gasteiger partial charge < -0.3 is 4.74 Å². The lowest BCUT2D eigenvalue weighted by molar-refractivity contribution is 0.125. The van der Waals surface area contributed by atoms with Crippen molar-refractivity contribution in [1.82, 2.24) is 0 Å². The van der Waals surface area contributed by atoms with E-state index in [4.69, 9.17) is 4.74 Å². The molecule has 1 aliphatic carbocycles. The molecule has 0 unspecified atom stereocenters. The maximum Gasteiger partial charge on any atom is 0.0717 e. The Balaban J connectivity index is 1.65. The average Bonchev–Trinajstić information content (AvgIpc) is 2.62. The first-order chi connectivity index (χ1) is 11.8. The topological polar surface area (TPSA) is 9.23 Å². The zero-order valence-corrected chi connectivity index (χ0v) is 15.5. The molecule has 0 atom stereocenters. The van der Waals surface area contributed by atoms with Gasteiger partial charge in [-0.15, -0.1) is 0 Å². The number of rotatable bonds is 9. The van der Waals surface area contributed by atoms with Gasteiger partial charge in [0.15, 0.2) is 0 Å². The van der Waals surface area contributed by atoms with Gasteiger partial charge in [0, 0.05) is 0 Å². The maximum atomic E-state index is 5.69. The predicted molar refractivity (Wildman–Crippen MR) is 104 cm³/mol. The Bertz CT molecular complexity index is 489. The van der Waals surface area contributed by atoms with Crippen LogP contribution in [0.3, 0.4) is 0 Å². The molecule has 1 aliphatic rings. The van der Waals surface area contributed by atoms with Gasteiger partial charge in [0.2, 0.25) is 0 Å². The molecule has 0 spiro atoms. The smallest absolute Gasteiger partial charge is 0.0717 e. The number of hydrogen-bond acceptors (Lipinski definition) is 1. The molecule has 0 aromatic heterocycles. The summed E-state index contributed by atoms with van der Waals surface area (Å²) in [6.45, 7) is 5.73. The van der Waals surface area contributed by atoms with Gasteiger partial charge in [-0.1, -0.05) is 48.6 Å². The average molecular weight is 327 g/mol. The highest BCUT2D eigenvalue weighted by molar-refractivity contribution is 5.22. The number of aryl methyl sites for hydroxylation is 1. The number of allylic oxidation sites excluding steroid dienone is 3. The molecule has 1 saturated carbocycles. The molecule has 1 heteroatoms. The van der Waals surface area contributed by atoms with E-state index in [1.54, 1.807) is 0 Å². The first kappa shape index (κ1) is 19.0. The van der Waals surface area contributed by atoms with Crippen molar-refractivity contribution in [3.63, 3.8) is 0 Å². The van der Waals surface area contributed by atoms with Crippen LogP contribution in [0.5, 0.6) is 0 Å². The molecule has 24 heavy (non-hydrogen) atoms. The number of hydrogen-bond donors (Lipinski definition) is 0. The van der Waals surface area contributed by atoms with E-state index in [9.17, 15) is 0 Å². The molecule has 132 valence electrons. The van der Waals surface area contributed by atoms with E-state index in [0.29, 0.717) is 0 Å².